The Morgan fingerprint density at radius 2 is 1.94 bits per heavy atom. The minimum absolute atomic E-state index is 0.166. The number of nitrogens with two attached hydrogens (primary N) is 1. The summed E-state index contributed by atoms with van der Waals surface area (Å²) in [6.07, 6.45) is -1.08. The van der Waals surface area contributed by atoms with E-state index in [-0.39, 0.29) is 17.5 Å². The fraction of sp³-hybridized carbons (Fsp3) is 0.450. The highest BCUT2D eigenvalue weighted by Crippen LogP contribution is 2.31. The molecule has 0 spiro atoms. The number of likely N-dealkylation sites (N-methyl/N-ethyl adjacent to an activating group) is 1. The van der Waals surface area contributed by atoms with Crippen molar-refractivity contribution in [2.24, 2.45) is 0 Å². The lowest BCUT2D eigenvalue weighted by Crippen LogP contribution is -2.44. The Labute approximate surface area is 177 Å². The number of nitrogens with one attached hydrogen (secondary N) is 1. The molecular formula is C20H25F3N8. The van der Waals surface area contributed by atoms with Gasteiger partial charge in [0.1, 0.15) is 0 Å². The molecule has 0 atom stereocenters. The van der Waals surface area contributed by atoms with Gasteiger partial charge in [0.15, 0.2) is 11.5 Å². The Balaban J connectivity index is 1.48. The normalized spacial score (nSPS) is 16.1. The third-order valence-electron chi connectivity index (χ3n) is 5.41. The van der Waals surface area contributed by atoms with Gasteiger partial charge in [-0.25, -0.2) is 9.50 Å². The number of rotatable bonds is 6. The maximum absolute atomic E-state index is 13.0. The van der Waals surface area contributed by atoms with Gasteiger partial charge in [0.05, 0.1) is 17.5 Å². The number of benzene rings is 1. The van der Waals surface area contributed by atoms with Crippen molar-refractivity contribution in [2.75, 3.05) is 50.8 Å². The number of anilines is 3. The number of nitrogens with zero attached hydrogens (tertiary/aromatic N) is 6. The Kier molecular flexibility index (Phi) is 5.96. The highest BCUT2D eigenvalue weighted by Gasteiger charge is 2.30. The standard InChI is InChI=1S/C20H25F3N8/c1-29-8-10-30(11-9-29)7-3-6-16-13-25-17(24)18-27-19(28-31(16)18)26-15-5-2-4-14(12-15)20(21,22)23/h2,4-5,12-13H,3,6-11H2,1H3,(H2,24,25)(H,26,28). The molecule has 1 aliphatic rings. The summed E-state index contributed by atoms with van der Waals surface area (Å²) in [5, 5.41) is 7.24. The molecule has 11 heteroatoms. The van der Waals surface area contributed by atoms with Crippen molar-refractivity contribution in [1.82, 2.24) is 29.4 Å². The van der Waals surface area contributed by atoms with E-state index in [0.29, 0.717) is 5.65 Å². The molecule has 1 saturated heterocycles. The average Bonchev–Trinajstić information content (AvgIpc) is 3.15. The van der Waals surface area contributed by atoms with Crippen molar-refractivity contribution in [3.05, 3.63) is 41.7 Å². The van der Waals surface area contributed by atoms with E-state index in [1.165, 1.54) is 12.1 Å². The SMILES string of the molecule is CN1CCN(CCCc2cnc(N)c3nc(Nc4cccc(C(F)(F)F)c4)nn23)CC1. The van der Waals surface area contributed by atoms with Gasteiger partial charge in [0.2, 0.25) is 5.95 Å². The van der Waals surface area contributed by atoms with Gasteiger partial charge < -0.3 is 20.9 Å². The van der Waals surface area contributed by atoms with E-state index in [1.54, 1.807) is 10.7 Å². The largest absolute Gasteiger partial charge is 0.416 e. The van der Waals surface area contributed by atoms with Crippen LogP contribution in [0.1, 0.15) is 17.7 Å². The highest BCUT2D eigenvalue weighted by molar-refractivity contribution is 5.64. The number of aromatic nitrogens is 4. The lowest BCUT2D eigenvalue weighted by atomic mass is 10.2. The fourth-order valence-corrected chi connectivity index (χ4v) is 3.62. The predicted molar refractivity (Wildman–Crippen MR) is 112 cm³/mol. The zero-order chi connectivity index (χ0) is 22.0. The fourth-order valence-electron chi connectivity index (χ4n) is 3.62. The molecule has 3 aromatic rings. The van der Waals surface area contributed by atoms with Crippen molar-refractivity contribution in [3.8, 4) is 0 Å². The second-order valence-corrected chi connectivity index (χ2v) is 7.76. The minimum atomic E-state index is -4.42. The third kappa shape index (κ3) is 5.05. The van der Waals surface area contributed by atoms with Gasteiger partial charge in [-0.15, -0.1) is 5.10 Å². The molecule has 1 fully saturated rings. The summed E-state index contributed by atoms with van der Waals surface area (Å²) < 4.78 is 40.5. The second kappa shape index (κ2) is 8.67. The number of nitrogen functional groups attached to an aromatic ring is 1. The molecule has 0 unspecified atom stereocenters. The van der Waals surface area contributed by atoms with Crippen molar-refractivity contribution in [2.45, 2.75) is 19.0 Å². The van der Waals surface area contributed by atoms with E-state index < -0.39 is 11.7 Å². The van der Waals surface area contributed by atoms with E-state index in [4.69, 9.17) is 5.73 Å². The van der Waals surface area contributed by atoms with Crippen LogP contribution in [0.15, 0.2) is 30.5 Å². The van der Waals surface area contributed by atoms with Crippen molar-refractivity contribution in [1.29, 1.82) is 0 Å². The van der Waals surface area contributed by atoms with Crippen LogP contribution in [-0.4, -0.2) is 69.2 Å². The third-order valence-corrected chi connectivity index (χ3v) is 5.41. The van der Waals surface area contributed by atoms with Gasteiger partial charge in [-0.3, -0.25) is 0 Å². The van der Waals surface area contributed by atoms with E-state index in [9.17, 15) is 13.2 Å². The Morgan fingerprint density at radius 1 is 1.16 bits per heavy atom. The van der Waals surface area contributed by atoms with Crippen LogP contribution in [0.5, 0.6) is 0 Å². The number of fused-ring (bicyclic) bond motifs is 1. The molecule has 0 radical (unpaired) electrons. The van der Waals surface area contributed by atoms with Gasteiger partial charge in [-0.2, -0.15) is 18.2 Å². The molecule has 0 amide bonds. The Bertz CT molecular complexity index is 1040. The van der Waals surface area contributed by atoms with Crippen LogP contribution in [0.4, 0.5) is 30.6 Å². The number of piperazine rings is 1. The van der Waals surface area contributed by atoms with Crippen LogP contribution < -0.4 is 11.1 Å². The summed E-state index contributed by atoms with van der Waals surface area (Å²) in [7, 11) is 2.13. The van der Waals surface area contributed by atoms with Gasteiger partial charge >= 0.3 is 6.18 Å². The molecule has 0 saturated carbocycles. The summed E-state index contributed by atoms with van der Waals surface area (Å²) in [5.74, 6) is 0.381. The second-order valence-electron chi connectivity index (χ2n) is 7.76. The van der Waals surface area contributed by atoms with Crippen molar-refractivity contribution < 1.29 is 13.2 Å². The first-order chi connectivity index (χ1) is 14.8. The zero-order valence-electron chi connectivity index (χ0n) is 17.2. The van der Waals surface area contributed by atoms with Crippen LogP contribution in [0.25, 0.3) is 5.65 Å². The monoisotopic (exact) mass is 434 g/mol. The van der Waals surface area contributed by atoms with Gasteiger partial charge in [0.25, 0.3) is 0 Å². The van der Waals surface area contributed by atoms with Crippen LogP contribution in [-0.2, 0) is 12.6 Å². The van der Waals surface area contributed by atoms with Crippen molar-refractivity contribution >= 4 is 23.1 Å². The molecule has 2 aromatic heterocycles. The quantitative estimate of drug-likeness (QED) is 0.617. The van der Waals surface area contributed by atoms with Crippen LogP contribution in [0, 0.1) is 0 Å². The summed E-state index contributed by atoms with van der Waals surface area (Å²) in [6.45, 7) is 5.23. The molecular weight excluding hydrogens is 409 g/mol. The van der Waals surface area contributed by atoms with E-state index in [2.05, 4.69) is 37.2 Å². The van der Waals surface area contributed by atoms with Crippen LogP contribution >= 0.6 is 0 Å². The first-order valence-corrected chi connectivity index (χ1v) is 10.1. The van der Waals surface area contributed by atoms with Gasteiger partial charge in [-0.1, -0.05) is 6.07 Å². The molecule has 1 aliphatic heterocycles. The molecule has 8 nitrogen and oxygen atoms in total. The van der Waals surface area contributed by atoms with Gasteiger partial charge in [0, 0.05) is 31.9 Å². The van der Waals surface area contributed by atoms with Crippen LogP contribution in [0.3, 0.4) is 0 Å². The van der Waals surface area contributed by atoms with E-state index >= 15 is 0 Å². The predicted octanol–water partition coefficient (Wildman–Crippen LogP) is 2.65. The molecule has 0 bridgehead atoms. The maximum Gasteiger partial charge on any atom is 0.416 e. The Morgan fingerprint density at radius 3 is 2.68 bits per heavy atom. The first-order valence-electron chi connectivity index (χ1n) is 10.1. The smallest absolute Gasteiger partial charge is 0.381 e. The molecule has 4 rings (SSSR count). The molecule has 166 valence electrons. The lowest BCUT2D eigenvalue weighted by molar-refractivity contribution is -0.137. The summed E-state index contributed by atoms with van der Waals surface area (Å²) in [6, 6.07) is 4.90. The number of aryl methyl sites for hydroxylation is 1. The molecule has 0 aliphatic carbocycles. The summed E-state index contributed by atoms with van der Waals surface area (Å²) in [5.41, 5.74) is 6.68. The maximum atomic E-state index is 13.0. The molecule has 1 aromatic carbocycles. The van der Waals surface area contributed by atoms with Gasteiger partial charge in [-0.05, 0) is 44.6 Å². The first kappa shape index (κ1) is 21.3. The topological polar surface area (TPSA) is 87.6 Å². The summed E-state index contributed by atoms with van der Waals surface area (Å²) >= 11 is 0. The zero-order valence-corrected chi connectivity index (χ0v) is 17.2. The van der Waals surface area contributed by atoms with E-state index in [0.717, 1.165) is 63.4 Å². The van der Waals surface area contributed by atoms with Crippen LogP contribution in [0.2, 0.25) is 0 Å². The molecule has 3 heterocycles. The number of alkyl halides is 3. The molecule has 3 N–H and O–H groups in total. The molecule has 31 heavy (non-hydrogen) atoms. The number of hydrogen-bond acceptors (Lipinski definition) is 7. The number of hydrogen-bond donors (Lipinski definition) is 2. The lowest BCUT2D eigenvalue weighted by Gasteiger charge is -2.32. The average molecular weight is 434 g/mol. The number of halogens is 3. The highest BCUT2D eigenvalue weighted by atomic mass is 19.4. The summed E-state index contributed by atoms with van der Waals surface area (Å²) in [4.78, 5) is 13.3. The minimum Gasteiger partial charge on any atom is -0.381 e. The van der Waals surface area contributed by atoms with E-state index in [1.807, 2.05) is 0 Å². The Hall–Kier alpha value is -2.92. The van der Waals surface area contributed by atoms with Crippen molar-refractivity contribution in [3.63, 3.8) is 0 Å².